The number of nitrogens with one attached hydrogen (secondary N) is 1. The summed E-state index contributed by atoms with van der Waals surface area (Å²) in [5.74, 6) is 0.195. The summed E-state index contributed by atoms with van der Waals surface area (Å²) in [4.78, 5) is 16.1. The van der Waals surface area contributed by atoms with Crippen LogP contribution in [0.5, 0.6) is 0 Å². The fourth-order valence-corrected chi connectivity index (χ4v) is 2.16. The highest BCUT2D eigenvalue weighted by atomic mass is 35.5. The molecule has 0 bridgehead atoms. The molecule has 2 rings (SSSR count). The van der Waals surface area contributed by atoms with Gasteiger partial charge in [0.25, 0.3) is 0 Å². The molecule has 3 N–H and O–H groups in total. The largest absolute Gasteiger partial charge is 0.369 e. The third-order valence-electron chi connectivity index (χ3n) is 2.82. The summed E-state index contributed by atoms with van der Waals surface area (Å²) in [5, 5.41) is 3.29. The number of para-hydroxylation sites is 1. The van der Waals surface area contributed by atoms with Gasteiger partial charge in [0.05, 0.1) is 10.5 Å². The van der Waals surface area contributed by atoms with Crippen LogP contribution in [0.3, 0.4) is 0 Å². The van der Waals surface area contributed by atoms with Crippen LogP contribution in [0.25, 0.3) is 11.0 Å². The van der Waals surface area contributed by atoms with E-state index in [9.17, 15) is 4.79 Å². The van der Waals surface area contributed by atoms with E-state index >= 15 is 0 Å². The lowest BCUT2D eigenvalue weighted by atomic mass is 10.2. The third kappa shape index (κ3) is 2.01. The van der Waals surface area contributed by atoms with E-state index in [2.05, 4.69) is 10.3 Å². The summed E-state index contributed by atoms with van der Waals surface area (Å²) in [6.07, 6.45) is 0. The van der Waals surface area contributed by atoms with Gasteiger partial charge in [0.15, 0.2) is 0 Å². The molecule has 6 heteroatoms. The molecular weight excluding hydrogens is 252 g/mol. The van der Waals surface area contributed by atoms with E-state index in [-0.39, 0.29) is 11.9 Å². The van der Waals surface area contributed by atoms with Gasteiger partial charge in [-0.3, -0.25) is 9.36 Å². The van der Waals surface area contributed by atoms with Crippen molar-refractivity contribution >= 4 is 34.5 Å². The maximum absolute atomic E-state index is 11.9. The summed E-state index contributed by atoms with van der Waals surface area (Å²) >= 11 is 6.06. The fourth-order valence-electron chi connectivity index (χ4n) is 1.95. The summed E-state index contributed by atoms with van der Waals surface area (Å²) in [6.45, 7) is 4.23. The molecule has 1 heterocycles. The molecule has 1 amide bonds. The van der Waals surface area contributed by atoms with Gasteiger partial charge in [-0.15, -0.1) is 0 Å². The molecule has 0 radical (unpaired) electrons. The number of halogens is 1. The Morgan fingerprint density at radius 3 is 3.00 bits per heavy atom. The summed E-state index contributed by atoms with van der Waals surface area (Å²) in [5.41, 5.74) is 7.25. The van der Waals surface area contributed by atoms with Crippen LogP contribution < -0.4 is 11.1 Å². The SMILES string of the molecule is CCNC(=O)C(C)n1c(N)nc2c(Cl)cccc21. The highest BCUT2D eigenvalue weighted by molar-refractivity contribution is 6.35. The van der Waals surface area contributed by atoms with Crippen LogP contribution in [-0.4, -0.2) is 22.0 Å². The van der Waals surface area contributed by atoms with Gasteiger partial charge in [-0.05, 0) is 26.0 Å². The zero-order valence-electron chi connectivity index (χ0n) is 10.3. The minimum Gasteiger partial charge on any atom is -0.369 e. The van der Waals surface area contributed by atoms with Gasteiger partial charge in [-0.25, -0.2) is 4.98 Å². The number of amides is 1. The van der Waals surface area contributed by atoms with Crippen LogP contribution in [0.1, 0.15) is 19.9 Å². The molecule has 18 heavy (non-hydrogen) atoms. The number of nitrogen functional groups attached to an aromatic ring is 1. The van der Waals surface area contributed by atoms with Crippen molar-refractivity contribution in [3.8, 4) is 0 Å². The van der Waals surface area contributed by atoms with Crippen LogP contribution >= 0.6 is 11.6 Å². The topological polar surface area (TPSA) is 72.9 Å². The standard InChI is InChI=1S/C12H15ClN4O/c1-3-15-11(18)7(2)17-9-6-4-5-8(13)10(9)16-12(17)14/h4-7H,3H2,1-2H3,(H2,14,16)(H,15,18). The van der Waals surface area contributed by atoms with Crippen molar-refractivity contribution in [1.82, 2.24) is 14.9 Å². The molecule has 0 aliphatic rings. The summed E-state index contributed by atoms with van der Waals surface area (Å²) in [7, 11) is 0. The molecule has 0 spiro atoms. The molecular formula is C12H15ClN4O. The first kappa shape index (κ1) is 12.7. The number of fused-ring (bicyclic) bond motifs is 1. The van der Waals surface area contributed by atoms with Crippen molar-refractivity contribution in [3.63, 3.8) is 0 Å². The first-order valence-electron chi connectivity index (χ1n) is 5.76. The Labute approximate surface area is 110 Å². The zero-order chi connectivity index (χ0) is 13.3. The molecule has 0 fully saturated rings. The fraction of sp³-hybridized carbons (Fsp3) is 0.333. The van der Waals surface area contributed by atoms with E-state index in [4.69, 9.17) is 17.3 Å². The van der Waals surface area contributed by atoms with Crippen LogP contribution in [0.2, 0.25) is 5.02 Å². The van der Waals surface area contributed by atoms with Crippen LogP contribution in [0, 0.1) is 0 Å². The lowest BCUT2D eigenvalue weighted by molar-refractivity contribution is -0.123. The number of carbonyl (C=O) groups is 1. The summed E-state index contributed by atoms with van der Waals surface area (Å²) < 4.78 is 1.69. The molecule has 1 aromatic carbocycles. The first-order valence-corrected chi connectivity index (χ1v) is 6.13. The molecule has 0 saturated heterocycles. The summed E-state index contributed by atoms with van der Waals surface area (Å²) in [6, 6.07) is 4.98. The Balaban J connectivity index is 2.54. The number of nitrogens with two attached hydrogens (primary N) is 1. The van der Waals surface area contributed by atoms with E-state index in [1.54, 1.807) is 17.6 Å². The van der Waals surface area contributed by atoms with Gasteiger partial charge in [-0.1, -0.05) is 17.7 Å². The van der Waals surface area contributed by atoms with Crippen molar-refractivity contribution in [1.29, 1.82) is 0 Å². The Morgan fingerprint density at radius 2 is 2.33 bits per heavy atom. The average molecular weight is 267 g/mol. The molecule has 5 nitrogen and oxygen atoms in total. The van der Waals surface area contributed by atoms with Crippen LogP contribution in [0.4, 0.5) is 5.95 Å². The van der Waals surface area contributed by atoms with E-state index in [1.165, 1.54) is 0 Å². The molecule has 0 aliphatic carbocycles. The Morgan fingerprint density at radius 1 is 1.61 bits per heavy atom. The van der Waals surface area contributed by atoms with Gasteiger partial charge < -0.3 is 11.1 Å². The van der Waals surface area contributed by atoms with Crippen molar-refractivity contribution in [3.05, 3.63) is 23.2 Å². The maximum atomic E-state index is 11.9. The van der Waals surface area contributed by atoms with Crippen molar-refractivity contribution in [2.24, 2.45) is 0 Å². The monoisotopic (exact) mass is 266 g/mol. The van der Waals surface area contributed by atoms with E-state index in [0.717, 1.165) is 5.52 Å². The first-order chi connectivity index (χ1) is 8.56. The quantitative estimate of drug-likeness (QED) is 0.892. The predicted octanol–water partition coefficient (Wildman–Crippen LogP) is 1.97. The normalized spacial score (nSPS) is 12.6. The number of rotatable bonds is 3. The number of aromatic nitrogens is 2. The number of nitrogens with zero attached hydrogens (tertiary/aromatic N) is 2. The highest BCUT2D eigenvalue weighted by Gasteiger charge is 2.20. The van der Waals surface area contributed by atoms with Gasteiger partial charge in [0, 0.05) is 6.54 Å². The number of anilines is 1. The second-order valence-corrected chi connectivity index (χ2v) is 4.43. The molecule has 2 aromatic rings. The molecule has 1 atom stereocenters. The lowest BCUT2D eigenvalue weighted by Crippen LogP contribution is -2.31. The second kappa shape index (κ2) is 4.86. The molecule has 0 aliphatic heterocycles. The zero-order valence-corrected chi connectivity index (χ0v) is 11.0. The number of hydrogen-bond donors (Lipinski definition) is 2. The lowest BCUT2D eigenvalue weighted by Gasteiger charge is -2.15. The highest BCUT2D eigenvalue weighted by Crippen LogP contribution is 2.27. The van der Waals surface area contributed by atoms with E-state index in [1.807, 2.05) is 19.1 Å². The van der Waals surface area contributed by atoms with Crippen molar-refractivity contribution in [2.75, 3.05) is 12.3 Å². The third-order valence-corrected chi connectivity index (χ3v) is 3.12. The number of carbonyl (C=O) groups excluding carboxylic acids is 1. The number of imidazole rings is 1. The van der Waals surface area contributed by atoms with Crippen molar-refractivity contribution in [2.45, 2.75) is 19.9 Å². The Kier molecular flexibility index (Phi) is 3.43. The van der Waals surface area contributed by atoms with Crippen molar-refractivity contribution < 1.29 is 4.79 Å². The number of benzene rings is 1. The minimum atomic E-state index is -0.423. The molecule has 96 valence electrons. The van der Waals surface area contributed by atoms with E-state index in [0.29, 0.717) is 17.1 Å². The van der Waals surface area contributed by atoms with Gasteiger partial charge in [-0.2, -0.15) is 0 Å². The molecule has 1 aromatic heterocycles. The Bertz CT molecular complexity index is 593. The van der Waals surface area contributed by atoms with E-state index < -0.39 is 6.04 Å². The number of likely N-dealkylation sites (N-methyl/N-ethyl adjacent to an activating group) is 1. The van der Waals surface area contributed by atoms with Crippen LogP contribution in [-0.2, 0) is 4.79 Å². The maximum Gasteiger partial charge on any atom is 0.242 e. The van der Waals surface area contributed by atoms with Gasteiger partial charge >= 0.3 is 0 Å². The average Bonchev–Trinajstić information content (AvgIpc) is 2.66. The second-order valence-electron chi connectivity index (χ2n) is 4.02. The smallest absolute Gasteiger partial charge is 0.242 e. The predicted molar refractivity (Wildman–Crippen MR) is 72.6 cm³/mol. The minimum absolute atomic E-state index is 0.0940. The number of hydrogen-bond acceptors (Lipinski definition) is 3. The van der Waals surface area contributed by atoms with Gasteiger partial charge in [0.1, 0.15) is 11.6 Å². The van der Waals surface area contributed by atoms with Gasteiger partial charge in [0.2, 0.25) is 11.9 Å². The Hall–Kier alpha value is -1.75. The molecule has 0 saturated carbocycles. The molecule has 1 unspecified atom stereocenters. The van der Waals surface area contributed by atoms with Crippen LogP contribution in [0.15, 0.2) is 18.2 Å².